The van der Waals surface area contributed by atoms with Gasteiger partial charge in [0.05, 0.1) is 12.5 Å². The summed E-state index contributed by atoms with van der Waals surface area (Å²) >= 11 is 0. The zero-order valence-electron chi connectivity index (χ0n) is 22.8. The summed E-state index contributed by atoms with van der Waals surface area (Å²) < 4.78 is 0. The monoisotopic (exact) mass is 560 g/mol. The molecule has 1 heterocycles. The molecule has 1 aromatic heterocycles. The molecule has 0 radical (unpaired) electrons. The number of carboxylic acids is 2. The Morgan fingerprint density at radius 3 is 2.15 bits per heavy atom. The molecule has 13 heteroatoms. The Labute approximate surface area is 232 Å². The number of carbonyl (C=O) groups excluding carboxylic acids is 3. The maximum Gasteiger partial charge on any atom is 0.326 e. The summed E-state index contributed by atoms with van der Waals surface area (Å²) in [4.78, 5) is 65.3. The van der Waals surface area contributed by atoms with Crippen molar-refractivity contribution in [1.29, 1.82) is 0 Å². The number of amides is 3. The molecule has 4 atom stereocenters. The van der Waals surface area contributed by atoms with Crippen LogP contribution in [0.2, 0.25) is 0 Å². The van der Waals surface area contributed by atoms with Gasteiger partial charge in [0.15, 0.2) is 0 Å². The van der Waals surface area contributed by atoms with E-state index in [0.717, 1.165) is 10.9 Å². The van der Waals surface area contributed by atoms with Crippen LogP contribution in [-0.2, 0) is 30.4 Å². The predicted molar refractivity (Wildman–Crippen MR) is 148 cm³/mol. The normalized spacial score (nSPS) is 14.2. The number of hydrogen-bond donors (Lipinski definition) is 8. The number of aliphatic carboxylic acids is 2. The van der Waals surface area contributed by atoms with Crippen LogP contribution in [0.1, 0.15) is 51.5 Å². The largest absolute Gasteiger partial charge is 0.481 e. The smallest absolute Gasteiger partial charge is 0.326 e. The van der Waals surface area contributed by atoms with Crippen molar-refractivity contribution in [3.05, 3.63) is 36.0 Å². The molecule has 1 aromatic carbocycles. The molecular weight excluding hydrogens is 520 g/mol. The molecule has 0 spiro atoms. The van der Waals surface area contributed by atoms with Crippen LogP contribution in [-0.4, -0.2) is 75.6 Å². The second-order valence-corrected chi connectivity index (χ2v) is 10.2. The summed E-state index contributed by atoms with van der Waals surface area (Å²) in [5, 5.41) is 27.3. The molecule has 0 aliphatic carbocycles. The van der Waals surface area contributed by atoms with Gasteiger partial charge < -0.3 is 42.6 Å². The first-order valence-electron chi connectivity index (χ1n) is 13.3. The molecule has 0 saturated heterocycles. The highest BCUT2D eigenvalue weighted by atomic mass is 16.4. The van der Waals surface area contributed by atoms with E-state index in [1.807, 2.05) is 38.1 Å². The number of rotatable bonds is 17. The third-order valence-corrected chi connectivity index (χ3v) is 6.37. The number of nitrogens with two attached hydrogens (primary N) is 2. The standard InChI is InChI=1S/C27H40N6O7/c1-15(2)11-18(29)24(36)32-21(13-23(34)35)26(38)31-20(9-5-6-10-28)25(37)33-22(27(39)40)12-16-14-30-19-8-4-3-7-17(16)19/h3-4,7-8,14-15,18,20-22,30H,5-6,9-13,28-29H2,1-2H3,(H,31,38)(H,32,36)(H,33,37)(H,34,35)(H,39,40). The molecule has 40 heavy (non-hydrogen) atoms. The van der Waals surface area contributed by atoms with Gasteiger partial charge in [-0.3, -0.25) is 19.2 Å². The number of para-hydroxylation sites is 1. The van der Waals surface area contributed by atoms with Crippen LogP contribution in [0.4, 0.5) is 0 Å². The lowest BCUT2D eigenvalue weighted by molar-refractivity contribution is -0.143. The van der Waals surface area contributed by atoms with Crippen molar-refractivity contribution in [2.45, 2.75) is 76.5 Å². The minimum atomic E-state index is -1.49. The van der Waals surface area contributed by atoms with Crippen LogP contribution >= 0.6 is 0 Å². The maximum absolute atomic E-state index is 13.2. The highest BCUT2D eigenvalue weighted by molar-refractivity contribution is 5.95. The number of H-pyrrole nitrogens is 1. The molecular formula is C27H40N6O7. The first-order chi connectivity index (χ1) is 18.9. The Morgan fingerprint density at radius 1 is 0.900 bits per heavy atom. The van der Waals surface area contributed by atoms with Gasteiger partial charge in [-0.2, -0.15) is 0 Å². The molecule has 13 nitrogen and oxygen atoms in total. The van der Waals surface area contributed by atoms with Gasteiger partial charge in [0.1, 0.15) is 18.1 Å². The van der Waals surface area contributed by atoms with Crippen LogP contribution in [0, 0.1) is 5.92 Å². The lowest BCUT2D eigenvalue weighted by Gasteiger charge is -2.25. The molecule has 3 amide bonds. The van der Waals surface area contributed by atoms with Crippen LogP contribution in [0.15, 0.2) is 30.5 Å². The molecule has 2 aromatic rings. The van der Waals surface area contributed by atoms with Gasteiger partial charge >= 0.3 is 11.9 Å². The molecule has 0 aliphatic rings. The van der Waals surface area contributed by atoms with Crippen molar-refractivity contribution in [2.24, 2.45) is 17.4 Å². The number of carboxylic acid groups (broad SMARTS) is 2. The Morgan fingerprint density at radius 2 is 1.52 bits per heavy atom. The van der Waals surface area contributed by atoms with Gasteiger partial charge in [0.2, 0.25) is 17.7 Å². The first-order valence-corrected chi connectivity index (χ1v) is 13.3. The Bertz CT molecular complexity index is 1180. The molecule has 220 valence electrons. The summed E-state index contributed by atoms with van der Waals surface area (Å²) in [6.07, 6.45) is 2.35. The Balaban J connectivity index is 2.18. The molecule has 0 saturated carbocycles. The van der Waals surface area contributed by atoms with E-state index in [1.165, 1.54) is 0 Å². The molecule has 0 fully saturated rings. The third-order valence-electron chi connectivity index (χ3n) is 6.37. The lowest BCUT2D eigenvalue weighted by atomic mass is 10.0. The highest BCUT2D eigenvalue weighted by Crippen LogP contribution is 2.19. The van der Waals surface area contributed by atoms with E-state index in [2.05, 4.69) is 20.9 Å². The van der Waals surface area contributed by atoms with E-state index in [9.17, 15) is 34.2 Å². The van der Waals surface area contributed by atoms with Gasteiger partial charge in [0.25, 0.3) is 0 Å². The lowest BCUT2D eigenvalue weighted by Crippen LogP contribution is -2.57. The number of aromatic amines is 1. The van der Waals surface area contributed by atoms with Gasteiger partial charge in [-0.25, -0.2) is 4.79 Å². The van der Waals surface area contributed by atoms with Crippen LogP contribution < -0.4 is 27.4 Å². The predicted octanol–water partition coefficient (Wildman–Crippen LogP) is 0.227. The summed E-state index contributed by atoms with van der Waals surface area (Å²) in [5.74, 6) is -4.86. The number of aromatic nitrogens is 1. The first kappa shape index (κ1) is 32.2. The average Bonchev–Trinajstić information content (AvgIpc) is 3.29. The van der Waals surface area contributed by atoms with Crippen molar-refractivity contribution >= 4 is 40.6 Å². The summed E-state index contributed by atoms with van der Waals surface area (Å²) in [6, 6.07) is 2.40. The van der Waals surface area contributed by atoms with Crippen molar-refractivity contribution < 1.29 is 34.2 Å². The van der Waals surface area contributed by atoms with Crippen molar-refractivity contribution in [1.82, 2.24) is 20.9 Å². The van der Waals surface area contributed by atoms with Crippen molar-refractivity contribution in [3.63, 3.8) is 0 Å². The summed E-state index contributed by atoms with van der Waals surface area (Å²) in [5.41, 5.74) is 12.9. The number of carbonyl (C=O) groups is 5. The number of unbranched alkanes of at least 4 members (excludes halogenated alkanes) is 1. The molecule has 4 unspecified atom stereocenters. The topological polar surface area (TPSA) is 230 Å². The van der Waals surface area contributed by atoms with Crippen molar-refractivity contribution in [3.8, 4) is 0 Å². The fourth-order valence-electron chi connectivity index (χ4n) is 4.30. The Hall–Kier alpha value is -3.97. The van der Waals surface area contributed by atoms with E-state index in [4.69, 9.17) is 11.5 Å². The van der Waals surface area contributed by atoms with E-state index in [0.29, 0.717) is 31.4 Å². The van der Waals surface area contributed by atoms with Gasteiger partial charge in [-0.05, 0) is 49.8 Å². The minimum Gasteiger partial charge on any atom is -0.481 e. The molecule has 10 N–H and O–H groups in total. The fraction of sp³-hybridized carbons (Fsp3) is 0.519. The van der Waals surface area contributed by atoms with E-state index in [-0.39, 0.29) is 18.8 Å². The number of fused-ring (bicyclic) bond motifs is 1. The maximum atomic E-state index is 13.2. The van der Waals surface area contributed by atoms with Gasteiger partial charge in [-0.15, -0.1) is 0 Å². The zero-order chi connectivity index (χ0) is 29.8. The quantitative estimate of drug-likeness (QED) is 0.124. The zero-order valence-corrected chi connectivity index (χ0v) is 22.8. The summed E-state index contributed by atoms with van der Waals surface area (Å²) in [7, 11) is 0. The van der Waals surface area contributed by atoms with Gasteiger partial charge in [-0.1, -0.05) is 32.0 Å². The second kappa shape index (κ2) is 15.6. The van der Waals surface area contributed by atoms with Crippen molar-refractivity contribution in [2.75, 3.05) is 6.54 Å². The average molecular weight is 561 g/mol. The molecule has 0 bridgehead atoms. The minimum absolute atomic E-state index is 0.0139. The van der Waals surface area contributed by atoms with Crippen LogP contribution in [0.3, 0.4) is 0 Å². The number of nitrogens with one attached hydrogen (secondary N) is 4. The second-order valence-electron chi connectivity index (χ2n) is 10.2. The number of benzene rings is 1. The number of hydrogen-bond acceptors (Lipinski definition) is 7. The third kappa shape index (κ3) is 9.97. The molecule has 2 rings (SSSR count). The summed E-state index contributed by atoms with van der Waals surface area (Å²) in [6.45, 7) is 4.07. The van der Waals surface area contributed by atoms with E-state index in [1.54, 1.807) is 6.20 Å². The van der Waals surface area contributed by atoms with E-state index >= 15 is 0 Å². The van der Waals surface area contributed by atoms with E-state index < -0.39 is 60.2 Å². The fourth-order valence-corrected chi connectivity index (χ4v) is 4.30. The van der Waals surface area contributed by atoms with Crippen LogP contribution in [0.25, 0.3) is 10.9 Å². The Kier molecular flexibility index (Phi) is 12.6. The SMILES string of the molecule is CC(C)CC(N)C(=O)NC(CC(=O)O)C(=O)NC(CCCCN)C(=O)NC(Cc1c[nH]c2ccccc12)C(=O)O. The highest BCUT2D eigenvalue weighted by Gasteiger charge is 2.31. The van der Waals surface area contributed by atoms with Gasteiger partial charge in [0, 0.05) is 23.5 Å². The molecule has 0 aliphatic heterocycles. The van der Waals surface area contributed by atoms with Crippen LogP contribution in [0.5, 0.6) is 0 Å².